The highest BCUT2D eigenvalue weighted by atomic mass is 35.5. The Labute approximate surface area is 220 Å². The highest BCUT2D eigenvalue weighted by molar-refractivity contribution is 6.30. The zero-order chi connectivity index (χ0) is 26.2. The third-order valence-electron chi connectivity index (χ3n) is 5.59. The lowest BCUT2D eigenvalue weighted by atomic mass is 10.1. The van der Waals surface area contributed by atoms with Crippen LogP contribution in [0, 0.1) is 6.92 Å². The van der Waals surface area contributed by atoms with Gasteiger partial charge in [-0.3, -0.25) is 4.79 Å². The van der Waals surface area contributed by atoms with Crippen molar-refractivity contribution in [2.75, 3.05) is 12.4 Å². The molecule has 37 heavy (non-hydrogen) atoms. The summed E-state index contributed by atoms with van der Waals surface area (Å²) >= 11 is 5.95. The van der Waals surface area contributed by atoms with E-state index in [1.165, 1.54) is 7.11 Å². The Morgan fingerprint density at radius 3 is 2.30 bits per heavy atom. The molecule has 0 fully saturated rings. The lowest BCUT2D eigenvalue weighted by Gasteiger charge is -2.20. The smallest absolute Gasteiger partial charge is 0.343 e. The fraction of sp³-hybridized carbons (Fsp3) is 0.133. The molecule has 4 aromatic carbocycles. The summed E-state index contributed by atoms with van der Waals surface area (Å²) in [5, 5.41) is 3.47. The van der Waals surface area contributed by atoms with Gasteiger partial charge < -0.3 is 19.5 Å². The summed E-state index contributed by atoms with van der Waals surface area (Å²) in [6.07, 6.45) is -1.21. The van der Waals surface area contributed by atoms with E-state index in [-0.39, 0.29) is 12.2 Å². The average Bonchev–Trinajstić information content (AvgIpc) is 2.92. The van der Waals surface area contributed by atoms with E-state index in [4.69, 9.17) is 25.8 Å². The number of aryl methyl sites for hydroxylation is 1. The minimum Gasteiger partial charge on any atom is -0.495 e. The van der Waals surface area contributed by atoms with Gasteiger partial charge in [-0.1, -0.05) is 72.3 Å². The second-order valence-electron chi connectivity index (χ2n) is 8.30. The first-order valence-corrected chi connectivity index (χ1v) is 12.0. The maximum Gasteiger partial charge on any atom is 0.343 e. The first-order valence-electron chi connectivity index (χ1n) is 11.6. The molecule has 0 spiro atoms. The summed E-state index contributed by atoms with van der Waals surface area (Å²) in [4.78, 5) is 26.7. The molecular weight excluding hydrogens is 490 g/mol. The fourth-order valence-electron chi connectivity index (χ4n) is 3.69. The first kappa shape index (κ1) is 25.8. The Balaban J connectivity index is 1.56. The van der Waals surface area contributed by atoms with Gasteiger partial charge in [0.2, 0.25) is 6.10 Å². The van der Waals surface area contributed by atoms with Crippen molar-refractivity contribution in [2.45, 2.75) is 19.6 Å². The second kappa shape index (κ2) is 12.1. The summed E-state index contributed by atoms with van der Waals surface area (Å²) < 4.78 is 17.1. The SMILES string of the molecule is COc1ccc(C)cc1NC(=O)C(OC(=O)c1ccccc1OCc1ccc(Cl)cc1)c1ccccc1. The molecule has 0 bridgehead atoms. The summed E-state index contributed by atoms with van der Waals surface area (Å²) in [5.41, 5.74) is 3.05. The maximum absolute atomic E-state index is 13.4. The van der Waals surface area contributed by atoms with E-state index in [9.17, 15) is 9.59 Å². The van der Waals surface area contributed by atoms with Crippen LogP contribution in [0.15, 0.2) is 97.1 Å². The van der Waals surface area contributed by atoms with Crippen LogP contribution < -0.4 is 14.8 Å². The van der Waals surface area contributed by atoms with Crippen LogP contribution in [0.25, 0.3) is 0 Å². The summed E-state index contributed by atoms with van der Waals surface area (Å²) in [6.45, 7) is 2.14. The molecule has 4 aromatic rings. The van der Waals surface area contributed by atoms with Crippen molar-refractivity contribution in [3.8, 4) is 11.5 Å². The van der Waals surface area contributed by atoms with Gasteiger partial charge in [-0.05, 0) is 54.4 Å². The van der Waals surface area contributed by atoms with E-state index in [1.807, 2.05) is 31.2 Å². The molecule has 1 atom stereocenters. The number of methoxy groups -OCH3 is 1. The largest absolute Gasteiger partial charge is 0.495 e. The van der Waals surface area contributed by atoms with Gasteiger partial charge in [-0.25, -0.2) is 4.79 Å². The predicted molar refractivity (Wildman–Crippen MR) is 143 cm³/mol. The topological polar surface area (TPSA) is 73.9 Å². The Kier molecular flexibility index (Phi) is 8.44. The molecule has 4 rings (SSSR count). The molecule has 0 heterocycles. The van der Waals surface area contributed by atoms with E-state index in [2.05, 4.69) is 5.32 Å². The molecular formula is C30H26ClNO5. The molecule has 1 unspecified atom stereocenters. The third-order valence-corrected chi connectivity index (χ3v) is 5.84. The average molecular weight is 516 g/mol. The van der Waals surface area contributed by atoms with Crippen molar-refractivity contribution in [2.24, 2.45) is 0 Å². The molecule has 188 valence electrons. The molecule has 1 N–H and O–H groups in total. The van der Waals surface area contributed by atoms with Crippen molar-refractivity contribution in [1.82, 2.24) is 0 Å². The number of carbonyl (C=O) groups excluding carboxylic acids is 2. The van der Waals surface area contributed by atoms with Crippen LogP contribution in [0.5, 0.6) is 11.5 Å². The highest BCUT2D eigenvalue weighted by Gasteiger charge is 2.28. The van der Waals surface area contributed by atoms with Crippen LogP contribution in [0.3, 0.4) is 0 Å². The minimum absolute atomic E-state index is 0.207. The number of rotatable bonds is 9. The first-order chi connectivity index (χ1) is 17.9. The van der Waals surface area contributed by atoms with Crippen LogP contribution in [0.1, 0.15) is 33.2 Å². The molecule has 0 radical (unpaired) electrons. The van der Waals surface area contributed by atoms with Crippen molar-refractivity contribution < 1.29 is 23.8 Å². The number of ether oxygens (including phenoxy) is 3. The van der Waals surface area contributed by atoms with Crippen LogP contribution >= 0.6 is 11.6 Å². The number of esters is 1. The van der Waals surface area contributed by atoms with E-state index >= 15 is 0 Å². The number of hydrogen-bond donors (Lipinski definition) is 1. The molecule has 0 saturated carbocycles. The van der Waals surface area contributed by atoms with Gasteiger partial charge in [0.25, 0.3) is 5.91 Å². The molecule has 1 amide bonds. The molecule has 0 aromatic heterocycles. The predicted octanol–water partition coefficient (Wildman–Crippen LogP) is 6.77. The lowest BCUT2D eigenvalue weighted by molar-refractivity contribution is -0.125. The van der Waals surface area contributed by atoms with Crippen molar-refractivity contribution in [3.63, 3.8) is 0 Å². The van der Waals surface area contributed by atoms with E-state index < -0.39 is 18.0 Å². The zero-order valence-electron chi connectivity index (χ0n) is 20.4. The molecule has 6 nitrogen and oxygen atoms in total. The molecule has 0 aliphatic rings. The van der Waals surface area contributed by atoms with Crippen molar-refractivity contribution in [3.05, 3.63) is 124 Å². The molecule has 0 aliphatic carbocycles. The van der Waals surface area contributed by atoms with Crippen LogP contribution in [0.2, 0.25) is 5.02 Å². The highest BCUT2D eigenvalue weighted by Crippen LogP contribution is 2.29. The van der Waals surface area contributed by atoms with Gasteiger partial charge in [0.15, 0.2) is 0 Å². The van der Waals surface area contributed by atoms with Gasteiger partial charge in [-0.15, -0.1) is 0 Å². The summed E-state index contributed by atoms with van der Waals surface area (Å²) in [7, 11) is 1.52. The number of para-hydroxylation sites is 1. The maximum atomic E-state index is 13.4. The second-order valence-corrected chi connectivity index (χ2v) is 8.74. The van der Waals surface area contributed by atoms with Gasteiger partial charge in [0.05, 0.1) is 12.8 Å². The molecule has 0 saturated heterocycles. The van der Waals surface area contributed by atoms with Crippen LogP contribution in [0.4, 0.5) is 5.69 Å². The number of anilines is 1. The van der Waals surface area contributed by atoms with E-state index in [0.29, 0.717) is 27.8 Å². The lowest BCUT2D eigenvalue weighted by Crippen LogP contribution is -2.26. The number of amides is 1. The fourth-order valence-corrected chi connectivity index (χ4v) is 3.82. The number of benzene rings is 4. The molecule has 0 aliphatic heterocycles. The normalized spacial score (nSPS) is 11.3. The van der Waals surface area contributed by atoms with Gasteiger partial charge in [0.1, 0.15) is 23.7 Å². The Bertz CT molecular complexity index is 1370. The zero-order valence-corrected chi connectivity index (χ0v) is 21.2. The van der Waals surface area contributed by atoms with Gasteiger partial charge in [0, 0.05) is 10.6 Å². The number of nitrogens with one attached hydrogen (secondary N) is 1. The Hall–Kier alpha value is -4.29. The standard InChI is InChI=1S/C30H26ClNO5/c1-20-12-17-27(35-2)25(18-20)32-29(33)28(22-8-4-3-5-9-22)37-30(34)24-10-6-7-11-26(24)36-19-21-13-15-23(31)16-14-21/h3-18,28H,19H2,1-2H3,(H,32,33). The van der Waals surface area contributed by atoms with E-state index in [0.717, 1.165) is 11.1 Å². The van der Waals surface area contributed by atoms with Crippen LogP contribution in [-0.2, 0) is 16.1 Å². The quantitative estimate of drug-likeness (QED) is 0.249. The summed E-state index contributed by atoms with van der Waals surface area (Å²) in [5.74, 6) is -0.358. The number of carbonyl (C=O) groups is 2. The van der Waals surface area contributed by atoms with Gasteiger partial charge >= 0.3 is 5.97 Å². The third kappa shape index (κ3) is 6.68. The number of halogens is 1. The van der Waals surface area contributed by atoms with Crippen molar-refractivity contribution in [1.29, 1.82) is 0 Å². The molecule has 7 heteroatoms. The van der Waals surface area contributed by atoms with Gasteiger partial charge in [-0.2, -0.15) is 0 Å². The Morgan fingerprint density at radius 2 is 1.57 bits per heavy atom. The van der Waals surface area contributed by atoms with Crippen molar-refractivity contribution >= 4 is 29.2 Å². The minimum atomic E-state index is -1.21. The Morgan fingerprint density at radius 1 is 0.865 bits per heavy atom. The monoisotopic (exact) mass is 515 g/mol. The summed E-state index contributed by atoms with van der Waals surface area (Å²) in [6, 6.07) is 28.3. The van der Waals surface area contributed by atoms with E-state index in [1.54, 1.807) is 72.8 Å². The number of hydrogen-bond acceptors (Lipinski definition) is 5. The van der Waals surface area contributed by atoms with Crippen LogP contribution in [-0.4, -0.2) is 19.0 Å².